The van der Waals surface area contributed by atoms with Gasteiger partial charge < -0.3 is 10.4 Å². The highest BCUT2D eigenvalue weighted by Crippen LogP contribution is 2.19. The second-order valence-corrected chi connectivity index (χ2v) is 5.23. The molecule has 1 unspecified atom stereocenters. The average molecular weight is 247 g/mol. The first-order chi connectivity index (χ1) is 8.65. The summed E-state index contributed by atoms with van der Waals surface area (Å²) in [5.41, 5.74) is 2.29. The van der Waals surface area contributed by atoms with Crippen LogP contribution in [0.4, 0.5) is 0 Å². The van der Waals surface area contributed by atoms with E-state index in [1.165, 1.54) is 18.4 Å². The van der Waals surface area contributed by atoms with E-state index in [2.05, 4.69) is 5.32 Å². The highest BCUT2D eigenvalue weighted by Gasteiger charge is 2.23. The monoisotopic (exact) mass is 247 g/mol. The fourth-order valence-electron chi connectivity index (χ4n) is 2.55. The molecule has 3 nitrogen and oxygen atoms in total. The number of nitrogens with one attached hydrogen (secondary N) is 1. The van der Waals surface area contributed by atoms with Gasteiger partial charge in [-0.25, -0.2) is 0 Å². The molecule has 0 aromatic heterocycles. The van der Waals surface area contributed by atoms with E-state index in [1.807, 2.05) is 31.2 Å². The van der Waals surface area contributed by atoms with E-state index in [-0.39, 0.29) is 0 Å². The van der Waals surface area contributed by atoms with E-state index in [4.69, 9.17) is 0 Å². The van der Waals surface area contributed by atoms with Gasteiger partial charge >= 0.3 is 5.97 Å². The van der Waals surface area contributed by atoms with Crippen molar-refractivity contribution in [3.05, 3.63) is 35.4 Å². The van der Waals surface area contributed by atoms with Crippen molar-refractivity contribution in [2.75, 3.05) is 0 Å². The number of hydrogen-bond donors (Lipinski definition) is 2. The predicted octanol–water partition coefficient (Wildman–Crippen LogP) is 2.52. The molecule has 0 aliphatic heterocycles. The topological polar surface area (TPSA) is 49.3 Å². The Morgan fingerprint density at radius 1 is 1.33 bits per heavy atom. The molecule has 0 saturated heterocycles. The third-order valence-corrected chi connectivity index (χ3v) is 3.65. The van der Waals surface area contributed by atoms with Gasteiger partial charge in [-0.15, -0.1) is 0 Å². The first-order valence-electron chi connectivity index (χ1n) is 6.69. The zero-order chi connectivity index (χ0) is 13.0. The summed E-state index contributed by atoms with van der Waals surface area (Å²) in [5.74, 6) is -0.748. The van der Waals surface area contributed by atoms with Crippen LogP contribution in [0.5, 0.6) is 0 Å². The van der Waals surface area contributed by atoms with Crippen LogP contribution in [-0.2, 0) is 11.2 Å². The SMILES string of the molecule is Cc1ccc(CC(NC2CCCC2)C(=O)O)cc1. The lowest BCUT2D eigenvalue weighted by Crippen LogP contribution is -2.43. The van der Waals surface area contributed by atoms with E-state index in [9.17, 15) is 9.90 Å². The second kappa shape index (κ2) is 6.01. The molecule has 0 heterocycles. The van der Waals surface area contributed by atoms with Gasteiger partial charge in [0.05, 0.1) is 0 Å². The van der Waals surface area contributed by atoms with Gasteiger partial charge in [-0.05, 0) is 31.7 Å². The van der Waals surface area contributed by atoms with Gasteiger partial charge in [0.2, 0.25) is 0 Å². The van der Waals surface area contributed by atoms with Gasteiger partial charge in [0, 0.05) is 6.04 Å². The standard InChI is InChI=1S/C15H21NO2/c1-11-6-8-12(9-7-11)10-14(15(17)18)16-13-4-2-3-5-13/h6-9,13-14,16H,2-5,10H2,1H3,(H,17,18). The maximum Gasteiger partial charge on any atom is 0.321 e. The van der Waals surface area contributed by atoms with Crippen molar-refractivity contribution in [3.8, 4) is 0 Å². The summed E-state index contributed by atoms with van der Waals surface area (Å²) in [5, 5.41) is 12.6. The van der Waals surface area contributed by atoms with Crippen molar-refractivity contribution in [2.24, 2.45) is 0 Å². The Bertz CT molecular complexity index is 393. The zero-order valence-electron chi connectivity index (χ0n) is 10.9. The normalized spacial score (nSPS) is 17.8. The Kier molecular flexibility index (Phi) is 4.37. The zero-order valence-corrected chi connectivity index (χ0v) is 10.9. The summed E-state index contributed by atoms with van der Waals surface area (Å²) in [6.45, 7) is 2.04. The number of carboxylic acid groups (broad SMARTS) is 1. The highest BCUT2D eigenvalue weighted by atomic mass is 16.4. The summed E-state index contributed by atoms with van der Waals surface area (Å²) in [6, 6.07) is 8.02. The summed E-state index contributed by atoms with van der Waals surface area (Å²) >= 11 is 0. The highest BCUT2D eigenvalue weighted by molar-refractivity contribution is 5.74. The Morgan fingerprint density at radius 2 is 1.94 bits per heavy atom. The van der Waals surface area contributed by atoms with Crippen LogP contribution in [0.3, 0.4) is 0 Å². The average Bonchev–Trinajstić information content (AvgIpc) is 2.84. The quantitative estimate of drug-likeness (QED) is 0.840. The lowest BCUT2D eigenvalue weighted by molar-refractivity contribution is -0.139. The summed E-state index contributed by atoms with van der Waals surface area (Å²) in [4.78, 5) is 11.3. The Morgan fingerprint density at radius 3 is 2.50 bits per heavy atom. The lowest BCUT2D eigenvalue weighted by atomic mass is 10.0. The van der Waals surface area contributed by atoms with Crippen molar-refractivity contribution in [1.82, 2.24) is 5.32 Å². The number of carboxylic acids is 1. The molecule has 0 bridgehead atoms. The van der Waals surface area contributed by atoms with Gasteiger partial charge in [-0.1, -0.05) is 42.7 Å². The molecule has 0 amide bonds. The summed E-state index contributed by atoms with van der Waals surface area (Å²) < 4.78 is 0. The first kappa shape index (κ1) is 13.1. The van der Waals surface area contributed by atoms with Crippen LogP contribution in [0.15, 0.2) is 24.3 Å². The second-order valence-electron chi connectivity index (χ2n) is 5.23. The molecule has 0 spiro atoms. The van der Waals surface area contributed by atoms with Crippen LogP contribution in [-0.4, -0.2) is 23.2 Å². The number of rotatable bonds is 5. The number of carbonyl (C=O) groups is 1. The molecular weight excluding hydrogens is 226 g/mol. The van der Waals surface area contributed by atoms with Crippen LogP contribution in [0.25, 0.3) is 0 Å². The van der Waals surface area contributed by atoms with Crippen molar-refractivity contribution in [1.29, 1.82) is 0 Å². The minimum atomic E-state index is -0.748. The molecule has 2 N–H and O–H groups in total. The molecule has 1 saturated carbocycles. The van der Waals surface area contributed by atoms with Crippen LogP contribution in [0.1, 0.15) is 36.8 Å². The first-order valence-corrected chi connectivity index (χ1v) is 6.69. The maximum atomic E-state index is 11.3. The molecule has 0 radical (unpaired) electrons. The van der Waals surface area contributed by atoms with Crippen LogP contribution >= 0.6 is 0 Å². The number of hydrogen-bond acceptors (Lipinski definition) is 2. The molecule has 3 heteroatoms. The summed E-state index contributed by atoms with van der Waals surface area (Å²) in [6.07, 6.45) is 5.21. The van der Waals surface area contributed by atoms with Gasteiger partial charge in [-0.2, -0.15) is 0 Å². The van der Waals surface area contributed by atoms with Gasteiger partial charge in [-0.3, -0.25) is 4.79 Å². The van der Waals surface area contributed by atoms with E-state index in [1.54, 1.807) is 0 Å². The predicted molar refractivity (Wildman–Crippen MR) is 71.7 cm³/mol. The third-order valence-electron chi connectivity index (χ3n) is 3.65. The van der Waals surface area contributed by atoms with Crippen molar-refractivity contribution in [3.63, 3.8) is 0 Å². The fraction of sp³-hybridized carbons (Fsp3) is 0.533. The Labute approximate surface area is 108 Å². The Balaban J connectivity index is 1.97. The minimum absolute atomic E-state index is 0.386. The van der Waals surface area contributed by atoms with Gasteiger partial charge in [0.25, 0.3) is 0 Å². The molecule has 18 heavy (non-hydrogen) atoms. The van der Waals surface area contributed by atoms with Crippen LogP contribution in [0.2, 0.25) is 0 Å². The number of aliphatic carboxylic acids is 1. The third kappa shape index (κ3) is 3.57. The molecule has 1 fully saturated rings. The molecule has 1 aliphatic rings. The van der Waals surface area contributed by atoms with Crippen molar-refractivity contribution >= 4 is 5.97 Å². The molecule has 98 valence electrons. The molecular formula is C15H21NO2. The number of benzene rings is 1. The van der Waals surface area contributed by atoms with Gasteiger partial charge in [0.1, 0.15) is 6.04 Å². The van der Waals surface area contributed by atoms with Gasteiger partial charge in [0.15, 0.2) is 0 Å². The largest absolute Gasteiger partial charge is 0.480 e. The summed E-state index contributed by atoms with van der Waals surface area (Å²) in [7, 11) is 0. The van der Waals surface area contributed by atoms with Crippen LogP contribution < -0.4 is 5.32 Å². The maximum absolute atomic E-state index is 11.3. The van der Waals surface area contributed by atoms with E-state index in [0.717, 1.165) is 18.4 Å². The minimum Gasteiger partial charge on any atom is -0.480 e. The van der Waals surface area contributed by atoms with Crippen molar-refractivity contribution in [2.45, 2.75) is 51.1 Å². The molecule has 1 aromatic rings. The Hall–Kier alpha value is -1.35. The molecule has 1 aliphatic carbocycles. The van der Waals surface area contributed by atoms with Crippen molar-refractivity contribution < 1.29 is 9.90 Å². The molecule has 1 atom stereocenters. The lowest BCUT2D eigenvalue weighted by Gasteiger charge is -2.19. The van der Waals surface area contributed by atoms with E-state index in [0.29, 0.717) is 12.5 Å². The fourth-order valence-corrected chi connectivity index (χ4v) is 2.55. The van der Waals surface area contributed by atoms with E-state index >= 15 is 0 Å². The number of aryl methyl sites for hydroxylation is 1. The smallest absolute Gasteiger partial charge is 0.321 e. The molecule has 1 aromatic carbocycles. The van der Waals surface area contributed by atoms with Crippen LogP contribution in [0, 0.1) is 6.92 Å². The molecule has 2 rings (SSSR count). The van der Waals surface area contributed by atoms with E-state index < -0.39 is 12.0 Å².